The molecule has 0 saturated carbocycles. The molecule has 4 heteroatoms. The van der Waals surface area contributed by atoms with Crippen molar-refractivity contribution in [3.05, 3.63) is 10.6 Å². The topological polar surface area (TPSA) is 37.8 Å². The van der Waals surface area contributed by atoms with Crippen molar-refractivity contribution in [2.75, 3.05) is 6.54 Å². The molecular formula is C14H27N3S. The molecule has 18 heavy (non-hydrogen) atoms. The van der Waals surface area contributed by atoms with Gasteiger partial charge in [0.2, 0.25) is 0 Å². The maximum absolute atomic E-state index is 4.24. The van der Waals surface area contributed by atoms with Gasteiger partial charge in [0.1, 0.15) is 0 Å². The van der Waals surface area contributed by atoms with E-state index in [2.05, 4.69) is 42.6 Å². The zero-order valence-corrected chi connectivity index (χ0v) is 13.0. The minimum atomic E-state index is 0.457. The molecule has 0 radical (unpaired) electrons. The van der Waals surface area contributed by atoms with E-state index in [9.17, 15) is 0 Å². The summed E-state index contributed by atoms with van der Waals surface area (Å²) >= 11 is 1.57. The van der Waals surface area contributed by atoms with Crippen LogP contribution in [0, 0.1) is 5.92 Å². The molecule has 1 aromatic rings. The fourth-order valence-corrected chi connectivity index (χ4v) is 2.95. The summed E-state index contributed by atoms with van der Waals surface area (Å²) in [5, 5.41) is 7.89. The first-order valence-electron chi connectivity index (χ1n) is 7.23. The third-order valence-corrected chi connectivity index (χ3v) is 4.03. The lowest BCUT2D eigenvalue weighted by atomic mass is 10.0. The quantitative estimate of drug-likeness (QED) is 0.737. The van der Waals surface area contributed by atoms with Crippen LogP contribution in [0.4, 0.5) is 0 Å². The van der Waals surface area contributed by atoms with Gasteiger partial charge in [0.05, 0.1) is 10.6 Å². The predicted molar refractivity (Wildman–Crippen MR) is 79.0 cm³/mol. The largest absolute Gasteiger partial charge is 0.309 e. The van der Waals surface area contributed by atoms with Gasteiger partial charge in [0.25, 0.3) is 0 Å². The molecule has 1 atom stereocenters. The number of hydrogen-bond donors (Lipinski definition) is 1. The number of hydrogen-bond acceptors (Lipinski definition) is 4. The Morgan fingerprint density at radius 1 is 1.22 bits per heavy atom. The molecule has 104 valence electrons. The lowest BCUT2D eigenvalue weighted by Crippen LogP contribution is -2.22. The summed E-state index contributed by atoms with van der Waals surface area (Å²) in [4.78, 5) is 1.36. The van der Waals surface area contributed by atoms with Crippen LogP contribution in [0.2, 0.25) is 0 Å². The van der Waals surface area contributed by atoms with Gasteiger partial charge in [-0.2, -0.15) is 0 Å². The van der Waals surface area contributed by atoms with E-state index in [0.717, 1.165) is 18.9 Å². The first-order chi connectivity index (χ1) is 8.69. The molecular weight excluding hydrogens is 242 g/mol. The number of rotatable bonds is 9. The highest BCUT2D eigenvalue weighted by Crippen LogP contribution is 2.26. The lowest BCUT2D eigenvalue weighted by molar-refractivity contribution is 0.450. The van der Waals surface area contributed by atoms with Crippen molar-refractivity contribution < 1.29 is 0 Å². The minimum Gasteiger partial charge on any atom is -0.309 e. The molecule has 0 aliphatic heterocycles. The minimum absolute atomic E-state index is 0.457. The van der Waals surface area contributed by atoms with E-state index in [4.69, 9.17) is 0 Å². The summed E-state index contributed by atoms with van der Waals surface area (Å²) in [7, 11) is 0. The third kappa shape index (κ3) is 5.02. The van der Waals surface area contributed by atoms with E-state index in [1.165, 1.54) is 36.3 Å². The normalized spacial score (nSPS) is 13.2. The summed E-state index contributed by atoms with van der Waals surface area (Å²) in [6.45, 7) is 10.0. The zero-order chi connectivity index (χ0) is 13.4. The van der Waals surface area contributed by atoms with E-state index in [1.807, 2.05) is 0 Å². The van der Waals surface area contributed by atoms with Crippen molar-refractivity contribution in [3.8, 4) is 0 Å². The molecule has 1 heterocycles. The Morgan fingerprint density at radius 3 is 2.61 bits per heavy atom. The van der Waals surface area contributed by atoms with Crippen LogP contribution < -0.4 is 5.32 Å². The monoisotopic (exact) mass is 269 g/mol. The molecule has 0 aromatic carbocycles. The second-order valence-corrected chi connectivity index (χ2v) is 6.05. The van der Waals surface area contributed by atoms with Crippen molar-refractivity contribution in [2.45, 2.75) is 65.8 Å². The van der Waals surface area contributed by atoms with Crippen molar-refractivity contribution >= 4 is 11.5 Å². The molecule has 0 spiro atoms. The Balaban J connectivity index is 2.59. The number of nitrogens with one attached hydrogen (secondary N) is 1. The highest BCUT2D eigenvalue weighted by Gasteiger charge is 2.17. The second kappa shape index (κ2) is 8.59. The van der Waals surface area contributed by atoms with Crippen LogP contribution in [0.1, 0.15) is 70.0 Å². The van der Waals surface area contributed by atoms with Crippen molar-refractivity contribution in [2.24, 2.45) is 5.92 Å². The van der Waals surface area contributed by atoms with Crippen molar-refractivity contribution in [1.29, 1.82) is 0 Å². The highest BCUT2D eigenvalue weighted by molar-refractivity contribution is 7.05. The Hall–Kier alpha value is -0.480. The van der Waals surface area contributed by atoms with Gasteiger partial charge in [-0.3, -0.25) is 0 Å². The first-order valence-corrected chi connectivity index (χ1v) is 8.00. The maximum Gasteiger partial charge on any atom is 0.0800 e. The third-order valence-electron chi connectivity index (χ3n) is 3.15. The Labute approximate surface area is 116 Å². The molecule has 1 unspecified atom stereocenters. The van der Waals surface area contributed by atoms with Crippen LogP contribution in [-0.4, -0.2) is 16.1 Å². The summed E-state index contributed by atoms with van der Waals surface area (Å²) in [5.41, 5.74) is 1.18. The fraction of sp³-hybridized carbons (Fsp3) is 0.857. The predicted octanol–water partition coefficient (Wildman–Crippen LogP) is 3.97. The smallest absolute Gasteiger partial charge is 0.0800 e. The maximum atomic E-state index is 4.24. The van der Waals surface area contributed by atoms with Gasteiger partial charge in [-0.1, -0.05) is 45.0 Å². The van der Waals surface area contributed by atoms with E-state index >= 15 is 0 Å². The Kier molecular flexibility index (Phi) is 7.44. The van der Waals surface area contributed by atoms with Crippen LogP contribution >= 0.6 is 11.5 Å². The van der Waals surface area contributed by atoms with Gasteiger partial charge in [0.15, 0.2) is 0 Å². The van der Waals surface area contributed by atoms with Crippen LogP contribution in [-0.2, 0) is 6.42 Å². The van der Waals surface area contributed by atoms with Crippen LogP contribution in [0.5, 0.6) is 0 Å². The summed E-state index contributed by atoms with van der Waals surface area (Å²) < 4.78 is 4.12. The molecule has 0 aliphatic carbocycles. The van der Waals surface area contributed by atoms with Gasteiger partial charge in [0, 0.05) is 6.04 Å². The number of aromatic nitrogens is 2. The van der Waals surface area contributed by atoms with E-state index in [1.54, 1.807) is 11.5 Å². The van der Waals surface area contributed by atoms with Crippen LogP contribution in [0.15, 0.2) is 0 Å². The molecule has 0 aliphatic rings. The Morgan fingerprint density at radius 2 is 2.00 bits per heavy atom. The summed E-state index contributed by atoms with van der Waals surface area (Å²) in [6, 6.07) is 0.457. The molecule has 3 nitrogen and oxygen atoms in total. The number of nitrogens with zero attached hydrogens (tertiary/aromatic N) is 2. The van der Waals surface area contributed by atoms with Gasteiger partial charge in [-0.25, -0.2) is 0 Å². The van der Waals surface area contributed by atoms with Crippen LogP contribution in [0.25, 0.3) is 0 Å². The van der Waals surface area contributed by atoms with Gasteiger partial charge in [-0.15, -0.1) is 5.10 Å². The fourth-order valence-electron chi connectivity index (χ4n) is 2.10. The van der Waals surface area contributed by atoms with E-state index < -0.39 is 0 Å². The molecule has 0 saturated heterocycles. The molecule has 1 aromatic heterocycles. The van der Waals surface area contributed by atoms with Gasteiger partial charge >= 0.3 is 0 Å². The summed E-state index contributed by atoms with van der Waals surface area (Å²) in [5.74, 6) is 0.794. The Bertz CT molecular complexity index is 323. The summed E-state index contributed by atoms with van der Waals surface area (Å²) in [6.07, 6.45) is 5.95. The van der Waals surface area contributed by atoms with Crippen LogP contribution in [0.3, 0.4) is 0 Å². The highest BCUT2D eigenvalue weighted by atomic mass is 32.1. The lowest BCUT2D eigenvalue weighted by Gasteiger charge is -2.18. The zero-order valence-electron chi connectivity index (χ0n) is 12.2. The van der Waals surface area contributed by atoms with E-state index in [-0.39, 0.29) is 0 Å². The molecule has 1 N–H and O–H groups in total. The second-order valence-electron chi connectivity index (χ2n) is 5.27. The molecule has 1 rings (SSSR count). The number of aryl methyl sites for hydroxylation is 1. The molecule has 0 amide bonds. The average Bonchev–Trinajstić information content (AvgIpc) is 2.81. The molecule has 0 fully saturated rings. The van der Waals surface area contributed by atoms with Gasteiger partial charge in [-0.05, 0) is 43.3 Å². The van der Waals surface area contributed by atoms with Gasteiger partial charge < -0.3 is 5.32 Å². The standard InChI is InChI=1S/C14H27N3S/c1-5-10-15-13(9-7-8-11(3)4)14-12(6-2)16-17-18-14/h11,13,15H,5-10H2,1-4H3. The molecule has 0 bridgehead atoms. The van der Waals surface area contributed by atoms with E-state index in [0.29, 0.717) is 6.04 Å². The van der Waals surface area contributed by atoms with Crippen molar-refractivity contribution in [3.63, 3.8) is 0 Å². The SMILES string of the molecule is CCCNC(CCCC(C)C)c1snnc1CC. The average molecular weight is 269 g/mol. The first kappa shape index (κ1) is 15.6. The van der Waals surface area contributed by atoms with Crippen molar-refractivity contribution in [1.82, 2.24) is 14.9 Å².